The molecule has 1 unspecified atom stereocenters. The maximum Gasteiger partial charge on any atom is 0.244 e. The highest BCUT2D eigenvalue weighted by Gasteiger charge is 2.55. The first-order valence-electron chi connectivity index (χ1n) is 11.2. The summed E-state index contributed by atoms with van der Waals surface area (Å²) in [6.07, 6.45) is 8.66. The van der Waals surface area contributed by atoms with Gasteiger partial charge in [0.2, 0.25) is 11.8 Å². The standard InChI is InChI=1S/C23H30N4O3/c28-20(26-30)12-16(11-15-5-1-2-6-15)22(29)27-14-23(9-10-23)13-19(27)21-24-17-7-3-4-8-18(17)25-21/h3-4,7-8,15-16,19,30H,1-2,5-6,9-14H2,(H,24,25)(H,26,28)/t16?,19-/m1/s1. The minimum Gasteiger partial charge on any atom is -0.340 e. The number of imidazole rings is 1. The van der Waals surface area contributed by atoms with Crippen molar-refractivity contribution in [2.24, 2.45) is 17.3 Å². The van der Waals surface area contributed by atoms with Gasteiger partial charge in [-0.05, 0) is 49.1 Å². The minimum atomic E-state index is -0.480. The number of amides is 2. The molecule has 0 radical (unpaired) electrons. The molecule has 2 atom stereocenters. The third-order valence-electron chi connectivity index (χ3n) is 7.47. The number of hydrogen-bond acceptors (Lipinski definition) is 4. The molecule has 3 aliphatic rings. The molecule has 3 N–H and O–H groups in total. The Morgan fingerprint density at radius 1 is 1.27 bits per heavy atom. The summed E-state index contributed by atoms with van der Waals surface area (Å²) in [6.45, 7) is 0.745. The summed E-state index contributed by atoms with van der Waals surface area (Å²) in [6, 6.07) is 7.87. The van der Waals surface area contributed by atoms with Crippen molar-refractivity contribution in [3.05, 3.63) is 30.1 Å². The van der Waals surface area contributed by atoms with Crippen molar-refractivity contribution in [1.82, 2.24) is 20.3 Å². The lowest BCUT2D eigenvalue weighted by molar-refractivity contribution is -0.142. The van der Waals surface area contributed by atoms with Crippen LogP contribution in [0.5, 0.6) is 0 Å². The molecule has 7 heteroatoms. The number of hydrogen-bond donors (Lipinski definition) is 3. The second-order valence-electron chi connectivity index (χ2n) is 9.65. The molecule has 2 aromatic rings. The molecule has 1 aromatic carbocycles. The number of H-pyrrole nitrogens is 1. The first-order chi connectivity index (χ1) is 14.6. The number of rotatable bonds is 6. The lowest BCUT2D eigenvalue weighted by Gasteiger charge is -2.29. The number of nitrogens with one attached hydrogen (secondary N) is 2. The maximum atomic E-state index is 13.7. The maximum absolute atomic E-state index is 13.7. The van der Waals surface area contributed by atoms with E-state index in [-0.39, 0.29) is 29.7 Å². The number of likely N-dealkylation sites (tertiary alicyclic amines) is 1. The minimum absolute atomic E-state index is 0.0414. The van der Waals surface area contributed by atoms with Crippen molar-refractivity contribution < 1.29 is 14.8 Å². The van der Waals surface area contributed by atoms with E-state index in [1.54, 1.807) is 5.48 Å². The van der Waals surface area contributed by atoms with Gasteiger partial charge in [0.1, 0.15) is 5.82 Å². The second-order valence-corrected chi connectivity index (χ2v) is 9.65. The Morgan fingerprint density at radius 3 is 2.73 bits per heavy atom. The smallest absolute Gasteiger partial charge is 0.244 e. The van der Waals surface area contributed by atoms with Gasteiger partial charge >= 0.3 is 0 Å². The average Bonchev–Trinajstić information content (AvgIpc) is 3.12. The lowest BCUT2D eigenvalue weighted by Crippen LogP contribution is -2.39. The van der Waals surface area contributed by atoms with E-state index in [0.717, 1.165) is 61.9 Å². The van der Waals surface area contributed by atoms with Crippen LogP contribution in [0.25, 0.3) is 11.0 Å². The fourth-order valence-corrected chi connectivity index (χ4v) is 5.63. The van der Waals surface area contributed by atoms with Gasteiger partial charge in [0, 0.05) is 18.9 Å². The van der Waals surface area contributed by atoms with Crippen LogP contribution in [0, 0.1) is 17.3 Å². The molecule has 2 aliphatic carbocycles. The van der Waals surface area contributed by atoms with Crippen LogP contribution in [0.1, 0.15) is 69.7 Å². The van der Waals surface area contributed by atoms with Crippen LogP contribution in [0.15, 0.2) is 24.3 Å². The Kier molecular flexibility index (Phi) is 5.01. The van der Waals surface area contributed by atoms with Gasteiger partial charge in [-0.2, -0.15) is 0 Å². The molecule has 2 heterocycles. The predicted molar refractivity (Wildman–Crippen MR) is 111 cm³/mol. The number of nitrogens with zero attached hydrogens (tertiary/aromatic N) is 2. The number of aromatic nitrogens is 2. The predicted octanol–water partition coefficient (Wildman–Crippen LogP) is 3.71. The van der Waals surface area contributed by atoms with Gasteiger partial charge in [-0.1, -0.05) is 37.8 Å². The molecular formula is C23H30N4O3. The number of benzene rings is 1. The Balaban J connectivity index is 1.41. The van der Waals surface area contributed by atoms with Gasteiger partial charge in [-0.3, -0.25) is 14.8 Å². The van der Waals surface area contributed by atoms with E-state index in [1.807, 2.05) is 29.2 Å². The molecule has 3 fully saturated rings. The van der Waals surface area contributed by atoms with Gasteiger partial charge in [-0.25, -0.2) is 10.5 Å². The first-order valence-corrected chi connectivity index (χ1v) is 11.2. The van der Waals surface area contributed by atoms with Gasteiger partial charge in [0.15, 0.2) is 0 Å². The molecule has 7 nitrogen and oxygen atoms in total. The Morgan fingerprint density at radius 2 is 2.03 bits per heavy atom. The van der Waals surface area contributed by atoms with E-state index in [9.17, 15) is 9.59 Å². The zero-order chi connectivity index (χ0) is 20.7. The van der Waals surface area contributed by atoms with Crippen LogP contribution in [-0.4, -0.2) is 38.4 Å². The molecular weight excluding hydrogens is 380 g/mol. The topological polar surface area (TPSA) is 98.3 Å². The molecule has 0 bridgehead atoms. The largest absolute Gasteiger partial charge is 0.340 e. The molecule has 160 valence electrons. The van der Waals surface area contributed by atoms with E-state index in [0.29, 0.717) is 5.92 Å². The molecule has 2 amide bonds. The number of fused-ring (bicyclic) bond motifs is 1. The molecule has 1 aliphatic heterocycles. The van der Waals surface area contributed by atoms with Crippen molar-refractivity contribution in [1.29, 1.82) is 0 Å². The van der Waals surface area contributed by atoms with Crippen LogP contribution in [0.3, 0.4) is 0 Å². The lowest BCUT2D eigenvalue weighted by atomic mass is 9.89. The van der Waals surface area contributed by atoms with Crippen LogP contribution < -0.4 is 5.48 Å². The zero-order valence-electron chi connectivity index (χ0n) is 17.3. The molecule has 30 heavy (non-hydrogen) atoms. The second kappa shape index (κ2) is 7.69. The number of hydroxylamine groups is 1. The third kappa shape index (κ3) is 3.71. The summed E-state index contributed by atoms with van der Waals surface area (Å²) < 4.78 is 0. The Labute approximate surface area is 176 Å². The van der Waals surface area contributed by atoms with Crippen LogP contribution in [-0.2, 0) is 9.59 Å². The van der Waals surface area contributed by atoms with Crippen molar-refractivity contribution in [2.75, 3.05) is 6.54 Å². The van der Waals surface area contributed by atoms with Crippen LogP contribution >= 0.6 is 0 Å². The van der Waals surface area contributed by atoms with Crippen molar-refractivity contribution >= 4 is 22.8 Å². The highest BCUT2D eigenvalue weighted by atomic mass is 16.5. The van der Waals surface area contributed by atoms with Crippen molar-refractivity contribution in [2.45, 2.75) is 63.8 Å². The Hall–Kier alpha value is -2.41. The number of para-hydroxylation sites is 2. The SMILES string of the molecule is O=C(CC(CC1CCCC1)C(=O)N1CC2(CC2)C[C@@H]1c1nc2ccccc2[nH]1)NO. The highest BCUT2D eigenvalue weighted by Crippen LogP contribution is 2.58. The highest BCUT2D eigenvalue weighted by molar-refractivity contribution is 5.86. The zero-order valence-corrected chi connectivity index (χ0v) is 17.3. The van der Waals surface area contributed by atoms with Crippen LogP contribution in [0.2, 0.25) is 0 Å². The number of carbonyl (C=O) groups excluding carboxylic acids is 2. The third-order valence-corrected chi connectivity index (χ3v) is 7.47. The molecule has 1 aromatic heterocycles. The monoisotopic (exact) mass is 410 g/mol. The van der Waals surface area contributed by atoms with E-state index in [1.165, 1.54) is 12.8 Å². The van der Waals surface area contributed by atoms with Gasteiger partial charge < -0.3 is 9.88 Å². The molecule has 1 saturated heterocycles. The fraction of sp³-hybridized carbons (Fsp3) is 0.609. The van der Waals surface area contributed by atoms with E-state index >= 15 is 0 Å². The van der Waals surface area contributed by atoms with Gasteiger partial charge in [-0.15, -0.1) is 0 Å². The van der Waals surface area contributed by atoms with Crippen LogP contribution in [0.4, 0.5) is 0 Å². The molecule has 1 spiro atoms. The van der Waals surface area contributed by atoms with E-state index < -0.39 is 5.91 Å². The van der Waals surface area contributed by atoms with Crippen molar-refractivity contribution in [3.63, 3.8) is 0 Å². The number of carbonyl (C=O) groups is 2. The fourth-order valence-electron chi connectivity index (χ4n) is 5.63. The van der Waals surface area contributed by atoms with E-state index in [2.05, 4.69) is 4.98 Å². The summed E-state index contributed by atoms with van der Waals surface area (Å²) in [5.41, 5.74) is 3.85. The van der Waals surface area contributed by atoms with Gasteiger partial charge in [0.25, 0.3) is 0 Å². The molecule has 2 saturated carbocycles. The number of aromatic amines is 1. The summed E-state index contributed by atoms with van der Waals surface area (Å²) in [5.74, 6) is 0.514. The van der Waals surface area contributed by atoms with Gasteiger partial charge in [0.05, 0.1) is 17.1 Å². The quantitative estimate of drug-likeness (QED) is 0.499. The summed E-state index contributed by atoms with van der Waals surface area (Å²) in [7, 11) is 0. The summed E-state index contributed by atoms with van der Waals surface area (Å²) in [4.78, 5) is 35.9. The first kappa shape index (κ1) is 19.5. The average molecular weight is 411 g/mol. The summed E-state index contributed by atoms with van der Waals surface area (Å²) >= 11 is 0. The normalized spacial score (nSPS) is 23.9. The molecule has 5 rings (SSSR count). The van der Waals surface area contributed by atoms with Crippen molar-refractivity contribution in [3.8, 4) is 0 Å². The summed E-state index contributed by atoms with van der Waals surface area (Å²) in [5, 5.41) is 9.06. The van der Waals surface area contributed by atoms with E-state index in [4.69, 9.17) is 10.2 Å². The Bertz CT molecular complexity index is 912.